The van der Waals surface area contributed by atoms with Crippen LogP contribution in [0.2, 0.25) is 0 Å². The first kappa shape index (κ1) is 19.6. The molecule has 1 aliphatic rings. The number of aliphatic hydroxyl groups is 1. The summed E-state index contributed by atoms with van der Waals surface area (Å²) in [6, 6.07) is 3.34. The van der Waals surface area contributed by atoms with Gasteiger partial charge in [0.25, 0.3) is 0 Å². The highest BCUT2D eigenvalue weighted by Gasteiger charge is 2.18. The fraction of sp³-hybridized carbons (Fsp3) is 0.533. The van der Waals surface area contributed by atoms with Crippen molar-refractivity contribution >= 4 is 18.3 Å². The summed E-state index contributed by atoms with van der Waals surface area (Å²) in [4.78, 5) is 11.7. The number of carbonyl (C=O) groups is 1. The van der Waals surface area contributed by atoms with E-state index in [1.54, 1.807) is 0 Å². The van der Waals surface area contributed by atoms with Crippen molar-refractivity contribution < 1.29 is 23.4 Å². The Morgan fingerprint density at radius 3 is 2.87 bits per heavy atom. The van der Waals surface area contributed by atoms with Crippen molar-refractivity contribution in [3.63, 3.8) is 0 Å². The highest BCUT2D eigenvalue weighted by atomic mass is 35.5. The van der Waals surface area contributed by atoms with Crippen LogP contribution in [0.25, 0.3) is 0 Å². The van der Waals surface area contributed by atoms with Crippen LogP contribution < -0.4 is 15.4 Å². The zero-order valence-corrected chi connectivity index (χ0v) is 13.4. The Bertz CT molecular complexity index is 513. The molecule has 0 aromatic heterocycles. The standard InChI is InChI=1S/C15H20F2N2O3.ClH/c16-13-4-3-12(7-14(13)17)22-9-11(20)8-19-15(21)6-10-2-1-5-18-10;/h3-4,7,10-11,18,20H,1-2,5-6,8-9H2,(H,19,21);1H. The lowest BCUT2D eigenvalue weighted by Gasteiger charge is -2.15. The summed E-state index contributed by atoms with van der Waals surface area (Å²) in [5, 5.41) is 15.6. The average Bonchev–Trinajstić information content (AvgIpc) is 2.99. The number of hydrogen-bond donors (Lipinski definition) is 3. The second-order valence-corrected chi connectivity index (χ2v) is 5.34. The number of ether oxygens (including phenoxy) is 1. The second kappa shape index (κ2) is 9.64. The molecule has 1 heterocycles. The number of nitrogens with one attached hydrogen (secondary N) is 2. The SMILES string of the molecule is Cl.O=C(CC1CCCN1)NCC(O)COc1ccc(F)c(F)c1. The maximum Gasteiger partial charge on any atom is 0.221 e. The third kappa shape index (κ3) is 6.68. The van der Waals surface area contributed by atoms with Gasteiger partial charge in [0.05, 0.1) is 0 Å². The molecule has 0 spiro atoms. The second-order valence-electron chi connectivity index (χ2n) is 5.34. The molecule has 1 saturated heterocycles. The molecule has 8 heteroatoms. The molecule has 0 bridgehead atoms. The van der Waals surface area contributed by atoms with Gasteiger partial charge in [0.1, 0.15) is 18.5 Å². The van der Waals surface area contributed by atoms with Crippen molar-refractivity contribution in [3.8, 4) is 5.75 Å². The van der Waals surface area contributed by atoms with E-state index in [9.17, 15) is 18.7 Å². The maximum absolute atomic E-state index is 13.0. The van der Waals surface area contributed by atoms with E-state index >= 15 is 0 Å². The van der Waals surface area contributed by atoms with E-state index < -0.39 is 17.7 Å². The van der Waals surface area contributed by atoms with E-state index in [1.807, 2.05) is 0 Å². The Morgan fingerprint density at radius 2 is 2.22 bits per heavy atom. The van der Waals surface area contributed by atoms with Gasteiger partial charge in [0.2, 0.25) is 5.91 Å². The van der Waals surface area contributed by atoms with Gasteiger partial charge in [-0.2, -0.15) is 0 Å². The highest BCUT2D eigenvalue weighted by Crippen LogP contribution is 2.15. The summed E-state index contributed by atoms with van der Waals surface area (Å²) < 4.78 is 30.9. The van der Waals surface area contributed by atoms with E-state index in [1.165, 1.54) is 6.07 Å². The number of carbonyl (C=O) groups excluding carboxylic acids is 1. The highest BCUT2D eigenvalue weighted by molar-refractivity contribution is 5.85. The molecule has 1 amide bonds. The Balaban J connectivity index is 0.00000264. The van der Waals surface area contributed by atoms with Crippen molar-refractivity contribution in [1.82, 2.24) is 10.6 Å². The first-order valence-electron chi connectivity index (χ1n) is 7.30. The predicted octanol–water partition coefficient (Wildman–Crippen LogP) is 1.38. The smallest absolute Gasteiger partial charge is 0.221 e. The van der Waals surface area contributed by atoms with E-state index in [2.05, 4.69) is 10.6 Å². The lowest BCUT2D eigenvalue weighted by molar-refractivity contribution is -0.122. The van der Waals surface area contributed by atoms with Crippen LogP contribution in [0.3, 0.4) is 0 Å². The van der Waals surface area contributed by atoms with Crippen molar-refractivity contribution in [2.24, 2.45) is 0 Å². The maximum atomic E-state index is 13.0. The van der Waals surface area contributed by atoms with Crippen molar-refractivity contribution in [3.05, 3.63) is 29.8 Å². The normalized spacial score (nSPS) is 18.1. The molecular formula is C15H21ClF2N2O3. The lowest BCUT2D eigenvalue weighted by Crippen LogP contribution is -2.38. The van der Waals surface area contributed by atoms with Gasteiger partial charge in [-0.1, -0.05) is 0 Å². The van der Waals surface area contributed by atoms with Gasteiger partial charge >= 0.3 is 0 Å². The van der Waals surface area contributed by atoms with E-state index in [4.69, 9.17) is 4.74 Å². The molecule has 1 fully saturated rings. The van der Waals surface area contributed by atoms with Crippen LogP contribution in [0.5, 0.6) is 5.75 Å². The van der Waals surface area contributed by atoms with Crippen molar-refractivity contribution in [2.75, 3.05) is 19.7 Å². The molecule has 5 nitrogen and oxygen atoms in total. The fourth-order valence-electron chi connectivity index (χ4n) is 2.28. The summed E-state index contributed by atoms with van der Waals surface area (Å²) >= 11 is 0. The topological polar surface area (TPSA) is 70.6 Å². The summed E-state index contributed by atoms with van der Waals surface area (Å²) in [6.45, 7) is 0.866. The Hall–Kier alpha value is -1.44. The molecular weight excluding hydrogens is 330 g/mol. The first-order valence-corrected chi connectivity index (χ1v) is 7.30. The minimum absolute atomic E-state index is 0. The molecule has 1 aromatic carbocycles. The molecule has 23 heavy (non-hydrogen) atoms. The third-order valence-corrected chi connectivity index (χ3v) is 3.46. The van der Waals surface area contributed by atoms with Gasteiger partial charge in [-0.15, -0.1) is 12.4 Å². The molecule has 2 rings (SSSR count). The van der Waals surface area contributed by atoms with Crippen molar-refractivity contribution in [1.29, 1.82) is 0 Å². The minimum atomic E-state index is -1.01. The first-order chi connectivity index (χ1) is 10.5. The molecule has 0 saturated carbocycles. The zero-order chi connectivity index (χ0) is 15.9. The zero-order valence-electron chi connectivity index (χ0n) is 12.6. The number of amides is 1. The number of halogens is 3. The number of hydrogen-bond acceptors (Lipinski definition) is 4. The molecule has 2 atom stereocenters. The lowest BCUT2D eigenvalue weighted by atomic mass is 10.1. The third-order valence-electron chi connectivity index (χ3n) is 3.46. The van der Waals surface area contributed by atoms with Gasteiger partial charge in [-0.3, -0.25) is 4.79 Å². The summed E-state index contributed by atoms with van der Waals surface area (Å²) in [6.07, 6.45) is 1.52. The number of rotatable bonds is 7. The van der Waals surface area contributed by atoms with Crippen LogP contribution in [0.4, 0.5) is 8.78 Å². The van der Waals surface area contributed by atoms with Gasteiger partial charge in [0.15, 0.2) is 11.6 Å². The Labute approximate surface area is 139 Å². The van der Waals surface area contributed by atoms with E-state index in [0.29, 0.717) is 6.42 Å². The number of aliphatic hydroxyl groups excluding tert-OH is 1. The van der Waals surface area contributed by atoms with Crippen LogP contribution in [-0.2, 0) is 4.79 Å². The van der Waals surface area contributed by atoms with Gasteiger partial charge < -0.3 is 20.5 Å². The summed E-state index contributed by atoms with van der Waals surface area (Å²) in [5.41, 5.74) is 0. The molecule has 0 radical (unpaired) electrons. The van der Waals surface area contributed by atoms with Crippen LogP contribution in [0.1, 0.15) is 19.3 Å². The molecule has 2 unspecified atom stereocenters. The van der Waals surface area contributed by atoms with Crippen molar-refractivity contribution in [2.45, 2.75) is 31.4 Å². The largest absolute Gasteiger partial charge is 0.491 e. The average molecular weight is 351 g/mol. The molecule has 1 aliphatic heterocycles. The van der Waals surface area contributed by atoms with E-state index in [-0.39, 0.29) is 43.3 Å². The van der Waals surface area contributed by atoms with Crippen LogP contribution in [0, 0.1) is 11.6 Å². The summed E-state index contributed by atoms with van der Waals surface area (Å²) in [7, 11) is 0. The predicted molar refractivity (Wildman–Crippen MR) is 83.8 cm³/mol. The van der Waals surface area contributed by atoms with Crippen LogP contribution in [0.15, 0.2) is 18.2 Å². The molecule has 1 aromatic rings. The van der Waals surface area contributed by atoms with Crippen LogP contribution in [-0.4, -0.2) is 42.9 Å². The number of benzene rings is 1. The van der Waals surface area contributed by atoms with Gasteiger partial charge in [0, 0.05) is 25.1 Å². The molecule has 3 N–H and O–H groups in total. The van der Waals surface area contributed by atoms with E-state index in [0.717, 1.165) is 31.5 Å². The molecule has 0 aliphatic carbocycles. The fourth-order valence-corrected chi connectivity index (χ4v) is 2.28. The quantitative estimate of drug-likeness (QED) is 0.695. The van der Waals surface area contributed by atoms with Gasteiger partial charge in [-0.05, 0) is 31.5 Å². The Morgan fingerprint density at radius 1 is 1.43 bits per heavy atom. The summed E-state index contributed by atoms with van der Waals surface area (Å²) in [5.74, 6) is -1.98. The Kier molecular flexibility index (Phi) is 8.22. The molecule has 130 valence electrons. The monoisotopic (exact) mass is 350 g/mol. The minimum Gasteiger partial charge on any atom is -0.491 e. The van der Waals surface area contributed by atoms with Crippen LogP contribution >= 0.6 is 12.4 Å². The van der Waals surface area contributed by atoms with Gasteiger partial charge in [-0.25, -0.2) is 8.78 Å².